The Labute approximate surface area is 155 Å². The number of nitrogens with one attached hydrogen (secondary N) is 1. The first kappa shape index (κ1) is 19.2. The van der Waals surface area contributed by atoms with E-state index in [1.165, 1.54) is 6.33 Å². The zero-order chi connectivity index (χ0) is 18.2. The van der Waals surface area contributed by atoms with Crippen LogP contribution in [-0.2, 0) is 0 Å². The monoisotopic (exact) mass is 407 g/mol. The zero-order valence-corrected chi connectivity index (χ0v) is 15.9. The molecule has 6 nitrogen and oxygen atoms in total. The lowest BCUT2D eigenvalue weighted by Gasteiger charge is -2.14. The number of benzene rings is 1. The molecule has 2 rings (SSSR count). The number of hydrogen-bond acceptors (Lipinski definition) is 6. The molecule has 0 spiro atoms. The highest BCUT2D eigenvalue weighted by Crippen LogP contribution is 2.34. The Morgan fingerprint density at radius 2 is 2.20 bits per heavy atom. The molecule has 1 aromatic heterocycles. The van der Waals surface area contributed by atoms with E-state index >= 15 is 0 Å². The largest absolute Gasteiger partial charge is 0.493 e. The Balaban J connectivity index is 2.35. The molecule has 0 saturated heterocycles. The number of rotatable bonds is 9. The van der Waals surface area contributed by atoms with Gasteiger partial charge in [-0.2, -0.15) is 0 Å². The fraction of sp³-hybridized carbons (Fsp3) is 0.333. The summed E-state index contributed by atoms with van der Waals surface area (Å²) < 4.78 is 11.2. The van der Waals surface area contributed by atoms with Gasteiger partial charge in [0.2, 0.25) is 0 Å². The predicted molar refractivity (Wildman–Crippen MR) is 104 cm³/mol. The fourth-order valence-electron chi connectivity index (χ4n) is 2.20. The van der Waals surface area contributed by atoms with Crippen LogP contribution in [0.25, 0.3) is 10.9 Å². The molecule has 7 heteroatoms. The summed E-state index contributed by atoms with van der Waals surface area (Å²) in [5.74, 6) is 1.82. The van der Waals surface area contributed by atoms with E-state index in [2.05, 4.69) is 37.8 Å². The van der Waals surface area contributed by atoms with Crippen LogP contribution in [0.15, 0.2) is 42.9 Å². The smallest absolute Gasteiger partial charge is 0.162 e. The topological polar surface area (TPSA) is 76.5 Å². The van der Waals surface area contributed by atoms with Crippen molar-refractivity contribution in [1.82, 2.24) is 9.97 Å². The maximum absolute atomic E-state index is 9.63. The van der Waals surface area contributed by atoms with E-state index in [0.717, 1.165) is 16.6 Å². The molecule has 0 aliphatic rings. The first-order valence-electron chi connectivity index (χ1n) is 7.88. The number of ether oxygens (including phenoxy) is 2. The predicted octanol–water partition coefficient (Wildman–Crippen LogP) is 3.66. The second kappa shape index (κ2) is 9.39. The van der Waals surface area contributed by atoms with Gasteiger partial charge in [0, 0.05) is 28.9 Å². The van der Waals surface area contributed by atoms with E-state index in [9.17, 15) is 5.11 Å². The third-order valence-corrected chi connectivity index (χ3v) is 4.35. The highest BCUT2D eigenvalue weighted by atomic mass is 79.9. The van der Waals surface area contributed by atoms with Crippen LogP contribution in [0.3, 0.4) is 0 Å². The van der Waals surface area contributed by atoms with Crippen molar-refractivity contribution in [3.05, 3.63) is 42.9 Å². The number of halogens is 1. The molecule has 2 aromatic rings. The second-order valence-electron chi connectivity index (χ2n) is 5.26. The number of aliphatic hydroxyl groups is 1. The number of alkyl halides is 1. The van der Waals surface area contributed by atoms with Crippen molar-refractivity contribution in [2.45, 2.75) is 19.4 Å². The zero-order valence-electron chi connectivity index (χ0n) is 14.3. The molecule has 1 unspecified atom stereocenters. The van der Waals surface area contributed by atoms with Gasteiger partial charge in [-0.15, -0.1) is 0 Å². The Bertz CT molecular complexity index is 765. The minimum absolute atomic E-state index is 0.373. The molecular weight excluding hydrogens is 386 g/mol. The van der Waals surface area contributed by atoms with Crippen molar-refractivity contribution in [1.29, 1.82) is 0 Å². The summed E-state index contributed by atoms with van der Waals surface area (Å²) in [6.45, 7) is 6.06. The van der Waals surface area contributed by atoms with Gasteiger partial charge in [-0.25, -0.2) is 9.97 Å². The van der Waals surface area contributed by atoms with E-state index in [-0.39, 0.29) is 0 Å². The molecule has 0 aliphatic heterocycles. The lowest BCUT2D eigenvalue weighted by molar-refractivity contribution is 0.159. The van der Waals surface area contributed by atoms with Crippen molar-refractivity contribution < 1.29 is 14.6 Å². The molecular formula is C18H22BrN3O3. The van der Waals surface area contributed by atoms with Crippen LogP contribution in [0.2, 0.25) is 0 Å². The summed E-state index contributed by atoms with van der Waals surface area (Å²) in [5.41, 5.74) is 1.58. The molecule has 0 saturated carbocycles. The number of anilines is 1. The lowest BCUT2D eigenvalue weighted by Crippen LogP contribution is -2.13. The van der Waals surface area contributed by atoms with Crippen LogP contribution in [0.5, 0.6) is 11.5 Å². The molecule has 25 heavy (non-hydrogen) atoms. The first-order chi connectivity index (χ1) is 12.1. The summed E-state index contributed by atoms with van der Waals surface area (Å²) in [6, 6.07) is 3.65. The van der Waals surface area contributed by atoms with E-state index < -0.39 is 6.10 Å². The van der Waals surface area contributed by atoms with Gasteiger partial charge in [0.15, 0.2) is 11.5 Å². The van der Waals surface area contributed by atoms with Gasteiger partial charge in [0.05, 0.1) is 25.3 Å². The summed E-state index contributed by atoms with van der Waals surface area (Å²) in [5, 5.41) is 14.2. The molecule has 1 atom stereocenters. The number of allylic oxidation sites excluding steroid dienone is 2. The number of hydrogen-bond donors (Lipinski definition) is 2. The Morgan fingerprint density at radius 1 is 1.40 bits per heavy atom. The quantitative estimate of drug-likeness (QED) is 0.487. The second-order valence-corrected chi connectivity index (χ2v) is 5.91. The lowest BCUT2D eigenvalue weighted by atomic mass is 10.2. The number of methoxy groups -OCH3 is 1. The minimum atomic E-state index is -0.447. The molecule has 0 fully saturated rings. The maximum atomic E-state index is 9.63. The van der Waals surface area contributed by atoms with E-state index in [0.29, 0.717) is 35.7 Å². The number of fused-ring (bicyclic) bond motifs is 1. The summed E-state index contributed by atoms with van der Waals surface area (Å²) in [4.78, 5) is 8.60. The summed E-state index contributed by atoms with van der Waals surface area (Å²) >= 11 is 3.24. The van der Waals surface area contributed by atoms with E-state index in [4.69, 9.17) is 9.47 Å². The van der Waals surface area contributed by atoms with Crippen LogP contribution in [-0.4, -0.2) is 40.2 Å². The fourth-order valence-corrected chi connectivity index (χ4v) is 2.52. The van der Waals surface area contributed by atoms with Crippen LogP contribution in [0.1, 0.15) is 13.3 Å². The Morgan fingerprint density at radius 3 is 2.84 bits per heavy atom. The molecule has 1 aromatic carbocycles. The van der Waals surface area contributed by atoms with Crippen LogP contribution in [0.4, 0.5) is 5.82 Å². The molecule has 0 amide bonds. The molecule has 0 radical (unpaired) electrons. The van der Waals surface area contributed by atoms with Gasteiger partial charge in [-0.05, 0) is 19.1 Å². The summed E-state index contributed by atoms with van der Waals surface area (Å²) in [6.07, 6.45) is 5.19. The van der Waals surface area contributed by atoms with E-state index in [1.807, 2.05) is 25.1 Å². The highest BCUT2D eigenvalue weighted by molar-refractivity contribution is 9.09. The van der Waals surface area contributed by atoms with Gasteiger partial charge < -0.3 is 19.9 Å². The highest BCUT2D eigenvalue weighted by Gasteiger charge is 2.12. The molecule has 0 bridgehead atoms. The average molecular weight is 408 g/mol. The van der Waals surface area contributed by atoms with Crippen molar-refractivity contribution in [2.24, 2.45) is 0 Å². The van der Waals surface area contributed by atoms with Gasteiger partial charge in [-0.3, -0.25) is 0 Å². The summed E-state index contributed by atoms with van der Waals surface area (Å²) in [7, 11) is 1.58. The van der Waals surface area contributed by atoms with Crippen molar-refractivity contribution in [2.75, 3.05) is 24.4 Å². The van der Waals surface area contributed by atoms with Crippen molar-refractivity contribution >= 4 is 32.7 Å². The van der Waals surface area contributed by atoms with Crippen molar-refractivity contribution in [3.8, 4) is 11.5 Å². The third kappa shape index (κ3) is 4.93. The molecule has 2 N–H and O–H groups in total. The molecule has 134 valence electrons. The van der Waals surface area contributed by atoms with E-state index in [1.54, 1.807) is 13.2 Å². The van der Waals surface area contributed by atoms with Crippen molar-refractivity contribution in [3.63, 3.8) is 0 Å². The standard InChI is InChI=1S/C18H22BrN3O3/c1-4-12(5-2)22-18-14-8-17(25-7-6-13(23)10-19)16(24-3)9-15(14)20-11-21-18/h4-5,8-9,11,13,23H,1,6-7,10H2,2-3H3,(H,20,21,22)/b12-5+. The van der Waals surface area contributed by atoms with Crippen LogP contribution >= 0.6 is 15.9 Å². The third-order valence-electron chi connectivity index (χ3n) is 3.60. The maximum Gasteiger partial charge on any atom is 0.162 e. The van der Waals surface area contributed by atoms with Crippen LogP contribution < -0.4 is 14.8 Å². The Hall–Kier alpha value is -2.12. The van der Waals surface area contributed by atoms with Gasteiger partial charge >= 0.3 is 0 Å². The van der Waals surface area contributed by atoms with Gasteiger partial charge in [0.25, 0.3) is 0 Å². The Kier molecular flexibility index (Phi) is 7.21. The van der Waals surface area contributed by atoms with Gasteiger partial charge in [0.1, 0.15) is 12.1 Å². The van der Waals surface area contributed by atoms with Crippen LogP contribution in [0, 0.1) is 0 Å². The molecule has 1 heterocycles. The number of nitrogens with zero attached hydrogens (tertiary/aromatic N) is 2. The normalized spacial score (nSPS) is 12.7. The number of aliphatic hydroxyl groups excluding tert-OH is 1. The average Bonchev–Trinajstić information content (AvgIpc) is 2.65. The van der Waals surface area contributed by atoms with Gasteiger partial charge in [-0.1, -0.05) is 28.6 Å². The number of aromatic nitrogens is 2. The first-order valence-corrected chi connectivity index (χ1v) is 9.00. The SMILES string of the molecule is C=C/C(=C\C)Nc1ncnc2cc(OC)c(OCCC(O)CBr)cc12. The minimum Gasteiger partial charge on any atom is -0.493 e. The molecule has 0 aliphatic carbocycles.